The first kappa shape index (κ1) is 23.3. The first-order valence-corrected chi connectivity index (χ1v) is 13.8. The number of aryl methyl sites for hydroxylation is 3. The van der Waals surface area contributed by atoms with E-state index in [-0.39, 0.29) is 0 Å². The second-order valence-corrected chi connectivity index (χ2v) is 12.2. The average molecular weight is 510 g/mol. The Morgan fingerprint density at radius 1 is 1.19 bits per heavy atom. The second-order valence-electron chi connectivity index (χ2n) is 10.7. The zero-order chi connectivity index (χ0) is 25.0. The lowest BCUT2D eigenvalue weighted by Gasteiger charge is -2.28. The summed E-state index contributed by atoms with van der Waals surface area (Å²) in [6.45, 7) is 5.95. The molecule has 0 bridgehead atoms. The highest BCUT2D eigenvalue weighted by atomic mass is 32.2. The molecule has 1 fully saturated rings. The highest BCUT2D eigenvalue weighted by Gasteiger charge is 2.39. The van der Waals surface area contributed by atoms with Crippen LogP contribution < -0.4 is 15.5 Å². The molecule has 3 atom stereocenters. The van der Waals surface area contributed by atoms with Crippen molar-refractivity contribution in [3.63, 3.8) is 0 Å². The van der Waals surface area contributed by atoms with Gasteiger partial charge in [0.25, 0.3) is 0 Å². The Labute approximate surface area is 212 Å². The molecule has 1 amide bonds. The third-order valence-electron chi connectivity index (χ3n) is 7.54. The number of carbonyl (C=O) groups is 1. The molecule has 2 aromatic heterocycles. The van der Waals surface area contributed by atoms with Crippen molar-refractivity contribution in [2.45, 2.75) is 50.0 Å². The Kier molecular flexibility index (Phi) is 5.70. The van der Waals surface area contributed by atoms with E-state index in [1.54, 1.807) is 0 Å². The number of anilines is 2. The predicted molar refractivity (Wildman–Crippen MR) is 136 cm³/mol. The summed E-state index contributed by atoms with van der Waals surface area (Å²) in [6, 6.07) is 0. The quantitative estimate of drug-likeness (QED) is 0.603. The Balaban J connectivity index is 1.21. The number of carbonyl (C=O) groups excluding carboxylic acids is 1. The molecule has 1 saturated heterocycles. The molecule has 6 rings (SSSR count). The standard InChI is InChI=1S/C25H31N7O3S/c1-25(2,13-27-24(33)35-3)31-22-20-19(6-7-36(20)34)29-23(30-22)32-11-16-8-15(9-17(16)12-32)21-26-10-14-4-5-18(14)28-21/h8,10,16-17H,4-7,9,11-13H2,1-3H3,(H,27,33)(H,29,30,31)/t16-,17+,36-/m1/s1. The number of fused-ring (bicyclic) bond motifs is 3. The molecule has 0 unspecified atom stereocenters. The number of nitrogens with zero attached hydrogens (tertiary/aromatic N) is 5. The van der Waals surface area contributed by atoms with Crippen LogP contribution in [0.3, 0.4) is 0 Å². The van der Waals surface area contributed by atoms with Gasteiger partial charge in [0.05, 0.1) is 29.1 Å². The molecule has 11 heteroatoms. The van der Waals surface area contributed by atoms with Crippen molar-refractivity contribution in [2.24, 2.45) is 11.8 Å². The van der Waals surface area contributed by atoms with Gasteiger partial charge in [0.15, 0.2) is 5.82 Å². The van der Waals surface area contributed by atoms with E-state index >= 15 is 0 Å². The van der Waals surface area contributed by atoms with E-state index in [1.165, 1.54) is 23.9 Å². The normalized spacial score (nSPS) is 23.9. The van der Waals surface area contributed by atoms with Crippen LogP contribution in [0, 0.1) is 11.8 Å². The molecular weight excluding hydrogens is 478 g/mol. The van der Waals surface area contributed by atoms with Crippen molar-refractivity contribution in [1.29, 1.82) is 0 Å². The van der Waals surface area contributed by atoms with Crippen molar-refractivity contribution in [1.82, 2.24) is 25.3 Å². The number of rotatable bonds is 6. The third kappa shape index (κ3) is 4.23. The lowest BCUT2D eigenvalue weighted by molar-refractivity contribution is 0.169. The van der Waals surface area contributed by atoms with E-state index in [1.807, 2.05) is 20.0 Å². The molecule has 2 aliphatic heterocycles. The molecule has 4 heterocycles. The fourth-order valence-electron chi connectivity index (χ4n) is 5.48. The summed E-state index contributed by atoms with van der Waals surface area (Å²) < 4.78 is 17.5. The Hall–Kier alpha value is -3.08. The molecule has 0 aromatic carbocycles. The first-order chi connectivity index (χ1) is 17.3. The third-order valence-corrected chi connectivity index (χ3v) is 9.00. The molecule has 0 saturated carbocycles. The zero-order valence-corrected chi connectivity index (χ0v) is 21.7. The molecule has 190 valence electrons. The van der Waals surface area contributed by atoms with Crippen molar-refractivity contribution in [2.75, 3.05) is 42.7 Å². The highest BCUT2D eigenvalue weighted by Crippen LogP contribution is 2.42. The Bertz CT molecular complexity index is 1290. The molecule has 10 nitrogen and oxygen atoms in total. The molecule has 0 radical (unpaired) electrons. The fraction of sp³-hybridized carbons (Fsp3) is 0.560. The van der Waals surface area contributed by atoms with Crippen molar-refractivity contribution in [3.05, 3.63) is 35.0 Å². The van der Waals surface area contributed by atoms with E-state index in [2.05, 4.69) is 31.3 Å². The number of amides is 1. The van der Waals surface area contributed by atoms with E-state index < -0.39 is 22.4 Å². The topological polar surface area (TPSA) is 122 Å². The smallest absolute Gasteiger partial charge is 0.406 e. The van der Waals surface area contributed by atoms with Crippen molar-refractivity contribution >= 4 is 34.2 Å². The summed E-state index contributed by atoms with van der Waals surface area (Å²) in [7, 11) is 0.198. The summed E-state index contributed by atoms with van der Waals surface area (Å²) in [5.41, 5.74) is 4.06. The second kappa shape index (κ2) is 8.79. The summed E-state index contributed by atoms with van der Waals surface area (Å²) in [6.07, 6.45) is 7.63. The van der Waals surface area contributed by atoms with Crippen molar-refractivity contribution in [3.8, 4) is 0 Å². The van der Waals surface area contributed by atoms with E-state index in [0.717, 1.165) is 43.9 Å². The molecule has 0 spiro atoms. The van der Waals surface area contributed by atoms with Gasteiger partial charge in [-0.2, -0.15) is 4.98 Å². The summed E-state index contributed by atoms with van der Waals surface area (Å²) in [5.74, 6) is 3.61. The van der Waals surface area contributed by atoms with Crippen LogP contribution in [0.1, 0.15) is 43.0 Å². The van der Waals surface area contributed by atoms with Gasteiger partial charge in [0, 0.05) is 43.7 Å². The molecule has 36 heavy (non-hydrogen) atoms. The van der Waals surface area contributed by atoms with Gasteiger partial charge in [0.2, 0.25) is 5.95 Å². The Morgan fingerprint density at radius 3 is 2.78 bits per heavy atom. The molecular formula is C25H31N7O3S. The molecule has 4 aliphatic rings. The van der Waals surface area contributed by atoms with Crippen LogP contribution in [0.4, 0.5) is 16.6 Å². The Morgan fingerprint density at radius 2 is 2.06 bits per heavy atom. The number of alkyl carbamates (subject to hydrolysis) is 1. The largest absolute Gasteiger partial charge is 0.453 e. The molecule has 2 N–H and O–H groups in total. The number of allylic oxidation sites excluding steroid dienone is 1. The average Bonchev–Trinajstić information content (AvgIpc) is 3.51. The highest BCUT2D eigenvalue weighted by molar-refractivity contribution is 7.85. The lowest BCUT2D eigenvalue weighted by Crippen LogP contribution is -2.44. The number of hydrogen-bond donors (Lipinski definition) is 2. The fourth-order valence-corrected chi connectivity index (χ4v) is 6.78. The van der Waals surface area contributed by atoms with Crippen LogP contribution in [0.15, 0.2) is 17.2 Å². The monoisotopic (exact) mass is 509 g/mol. The maximum Gasteiger partial charge on any atom is 0.406 e. The maximum absolute atomic E-state index is 12.8. The summed E-state index contributed by atoms with van der Waals surface area (Å²) in [4.78, 5) is 33.6. The van der Waals surface area contributed by atoms with E-state index in [4.69, 9.17) is 15.0 Å². The van der Waals surface area contributed by atoms with Gasteiger partial charge in [-0.3, -0.25) is 4.21 Å². The molecule has 2 aliphatic carbocycles. The maximum atomic E-state index is 12.8. The van der Waals surface area contributed by atoms with Crippen LogP contribution in [0.5, 0.6) is 0 Å². The van der Waals surface area contributed by atoms with E-state index in [0.29, 0.717) is 47.2 Å². The number of ether oxygens (including phenoxy) is 1. The number of methoxy groups -OCH3 is 1. The summed E-state index contributed by atoms with van der Waals surface area (Å²) >= 11 is 0. The predicted octanol–water partition coefficient (Wildman–Crippen LogP) is 2.12. The molecule has 2 aromatic rings. The van der Waals surface area contributed by atoms with Crippen LogP contribution in [0.2, 0.25) is 0 Å². The van der Waals surface area contributed by atoms with Gasteiger partial charge in [-0.1, -0.05) is 6.08 Å². The minimum Gasteiger partial charge on any atom is -0.453 e. The SMILES string of the molecule is COC(=O)NCC(C)(C)Nc1nc(N2C[C@@H]3CC(c4ncc5c(n4)CC5)=C[C@@H]3C2)nc2c1[S@](=O)CC2. The van der Waals surface area contributed by atoms with Gasteiger partial charge in [0.1, 0.15) is 10.7 Å². The van der Waals surface area contributed by atoms with Gasteiger partial charge >= 0.3 is 6.09 Å². The van der Waals surface area contributed by atoms with Gasteiger partial charge in [-0.15, -0.1) is 0 Å². The zero-order valence-electron chi connectivity index (χ0n) is 20.8. The number of aromatic nitrogens is 4. The first-order valence-electron chi connectivity index (χ1n) is 12.5. The lowest BCUT2D eigenvalue weighted by atomic mass is 9.95. The number of nitrogens with one attached hydrogen (secondary N) is 2. The minimum absolute atomic E-state index is 0.326. The van der Waals surface area contributed by atoms with Crippen LogP contribution in [-0.2, 0) is 34.8 Å². The minimum atomic E-state index is -1.14. The number of hydrogen-bond acceptors (Lipinski definition) is 9. The van der Waals surface area contributed by atoms with Crippen LogP contribution in [0.25, 0.3) is 5.57 Å². The van der Waals surface area contributed by atoms with Gasteiger partial charge in [-0.05, 0) is 56.1 Å². The summed E-state index contributed by atoms with van der Waals surface area (Å²) in [5, 5.41) is 6.14. The van der Waals surface area contributed by atoms with Crippen LogP contribution in [-0.4, -0.2) is 68.3 Å². The van der Waals surface area contributed by atoms with Crippen LogP contribution >= 0.6 is 0 Å². The van der Waals surface area contributed by atoms with Crippen molar-refractivity contribution < 1.29 is 13.7 Å². The van der Waals surface area contributed by atoms with E-state index in [9.17, 15) is 9.00 Å². The van der Waals surface area contributed by atoms with Gasteiger partial charge < -0.3 is 20.3 Å². The van der Waals surface area contributed by atoms with Gasteiger partial charge in [-0.25, -0.2) is 19.7 Å².